The number of aromatic nitrogens is 2. The summed E-state index contributed by atoms with van der Waals surface area (Å²) in [5.74, 6) is 0.188. The topological polar surface area (TPSA) is 71.6 Å². The second kappa shape index (κ2) is 5.42. The Labute approximate surface area is 138 Å². The molecule has 0 fully saturated rings. The van der Waals surface area contributed by atoms with Crippen molar-refractivity contribution in [3.05, 3.63) is 59.7 Å². The highest BCUT2D eigenvalue weighted by Gasteiger charge is 2.32. The Balaban J connectivity index is 1.76. The highest BCUT2D eigenvalue weighted by molar-refractivity contribution is 6.54. The average molecular weight is 318 g/mol. The van der Waals surface area contributed by atoms with E-state index >= 15 is 0 Å². The Kier molecular flexibility index (Phi) is 3.23. The molecule has 0 saturated heterocycles. The van der Waals surface area contributed by atoms with Gasteiger partial charge in [-0.25, -0.2) is 0 Å². The van der Waals surface area contributed by atoms with Gasteiger partial charge in [0.15, 0.2) is 0 Å². The van der Waals surface area contributed by atoms with Crippen LogP contribution in [0.3, 0.4) is 0 Å². The molecule has 24 heavy (non-hydrogen) atoms. The van der Waals surface area contributed by atoms with Gasteiger partial charge in [0.25, 0.3) is 5.91 Å². The molecule has 1 aliphatic heterocycles. The van der Waals surface area contributed by atoms with Gasteiger partial charge in [-0.05, 0) is 31.2 Å². The van der Waals surface area contributed by atoms with Crippen LogP contribution in [0.4, 0.5) is 11.7 Å². The number of anilines is 1. The van der Waals surface area contributed by atoms with Crippen molar-refractivity contribution >= 4 is 23.3 Å². The molecule has 0 N–H and O–H groups in total. The fourth-order valence-corrected chi connectivity index (χ4v) is 2.68. The predicted octanol–water partition coefficient (Wildman–Crippen LogP) is 3.14. The highest BCUT2D eigenvalue weighted by Crippen LogP contribution is 2.30. The van der Waals surface area contributed by atoms with Crippen LogP contribution in [0.1, 0.15) is 11.1 Å². The van der Waals surface area contributed by atoms with Crippen LogP contribution in [0, 0.1) is 6.92 Å². The maximum Gasteiger partial charge on any atom is 0.343 e. The molecule has 3 aromatic rings. The molecule has 1 aromatic heterocycles. The number of hydrogen-bond acceptors (Lipinski definition) is 5. The molecule has 6 heteroatoms. The first kappa shape index (κ1) is 14.3. The summed E-state index contributed by atoms with van der Waals surface area (Å²) in [6, 6.07) is 15.3. The minimum absolute atomic E-state index is 0.0694. The Morgan fingerprint density at radius 2 is 1.88 bits per heavy atom. The lowest BCUT2D eigenvalue weighted by Gasteiger charge is -2.08. The predicted molar refractivity (Wildman–Crippen MR) is 90.5 cm³/mol. The fourth-order valence-electron chi connectivity index (χ4n) is 2.68. The van der Waals surface area contributed by atoms with Crippen molar-refractivity contribution in [2.45, 2.75) is 6.92 Å². The minimum atomic E-state index is -0.185. The molecule has 0 bridgehead atoms. The molecule has 0 spiro atoms. The van der Waals surface area contributed by atoms with Crippen molar-refractivity contribution in [3.8, 4) is 11.5 Å². The molecule has 0 aliphatic carbocycles. The lowest BCUT2D eigenvalue weighted by Crippen LogP contribution is -2.25. The number of carbonyl (C=O) groups is 1. The zero-order valence-corrected chi connectivity index (χ0v) is 13.2. The Morgan fingerprint density at radius 1 is 1.08 bits per heavy atom. The number of benzene rings is 2. The molecule has 4 rings (SSSR count). The monoisotopic (exact) mass is 318 g/mol. The van der Waals surface area contributed by atoms with Gasteiger partial charge in [-0.1, -0.05) is 34.9 Å². The lowest BCUT2D eigenvalue weighted by molar-refractivity contribution is -0.111. The van der Waals surface area contributed by atoms with Crippen molar-refractivity contribution in [1.29, 1.82) is 0 Å². The van der Waals surface area contributed by atoms with Gasteiger partial charge in [-0.2, -0.15) is 4.99 Å². The van der Waals surface area contributed by atoms with E-state index in [1.807, 2.05) is 55.5 Å². The third-order valence-electron chi connectivity index (χ3n) is 3.92. The van der Waals surface area contributed by atoms with Crippen LogP contribution >= 0.6 is 0 Å². The number of fused-ring (bicyclic) bond motifs is 1. The maximum absolute atomic E-state index is 12.5. The van der Waals surface area contributed by atoms with Gasteiger partial charge < -0.3 is 9.32 Å². The van der Waals surface area contributed by atoms with Crippen LogP contribution in [0.2, 0.25) is 0 Å². The molecule has 2 aromatic carbocycles. The molecule has 1 aliphatic rings. The molecule has 6 nitrogen and oxygen atoms in total. The van der Waals surface area contributed by atoms with E-state index in [0.717, 1.165) is 22.4 Å². The normalized spacial score (nSPS) is 15.2. The average Bonchev–Trinajstić information content (AvgIpc) is 3.15. The molecule has 0 unspecified atom stereocenters. The first-order valence-electron chi connectivity index (χ1n) is 7.50. The summed E-state index contributed by atoms with van der Waals surface area (Å²) in [5.41, 5.74) is 3.79. The van der Waals surface area contributed by atoms with Crippen LogP contribution in [0.15, 0.2) is 57.9 Å². The number of rotatable bonds is 2. The first-order chi connectivity index (χ1) is 11.6. The van der Waals surface area contributed by atoms with Gasteiger partial charge in [0.05, 0.1) is 5.69 Å². The third kappa shape index (κ3) is 2.28. The number of nitrogens with zero attached hydrogens (tertiary/aromatic N) is 4. The Morgan fingerprint density at radius 3 is 2.67 bits per heavy atom. The number of carbonyl (C=O) groups excluding carboxylic acids is 1. The highest BCUT2D eigenvalue weighted by atomic mass is 16.4. The second-order valence-electron chi connectivity index (χ2n) is 5.60. The molecule has 0 atom stereocenters. The molecule has 1 amide bonds. The van der Waals surface area contributed by atoms with E-state index in [1.54, 1.807) is 11.9 Å². The van der Waals surface area contributed by atoms with Crippen molar-refractivity contribution in [1.82, 2.24) is 10.2 Å². The summed E-state index contributed by atoms with van der Waals surface area (Å²) in [4.78, 5) is 18.3. The number of aryl methyl sites for hydroxylation is 1. The van der Waals surface area contributed by atoms with Crippen LogP contribution in [0.5, 0.6) is 0 Å². The van der Waals surface area contributed by atoms with Gasteiger partial charge in [-0.15, -0.1) is 5.10 Å². The fraction of sp³-hybridized carbons (Fsp3) is 0.111. The summed E-state index contributed by atoms with van der Waals surface area (Å²) in [6.07, 6.45) is 0. The SMILES string of the molecule is Cc1ccc2c(c1)/C(=N\c1nnc(-c3ccccc3)o1)C(=O)N2C. The minimum Gasteiger partial charge on any atom is -0.402 e. The van der Waals surface area contributed by atoms with Crippen LogP contribution in [-0.4, -0.2) is 28.9 Å². The van der Waals surface area contributed by atoms with Crippen molar-refractivity contribution < 1.29 is 9.21 Å². The first-order valence-corrected chi connectivity index (χ1v) is 7.50. The summed E-state index contributed by atoms with van der Waals surface area (Å²) >= 11 is 0. The smallest absolute Gasteiger partial charge is 0.343 e. The molecule has 2 heterocycles. The van der Waals surface area contributed by atoms with E-state index in [1.165, 1.54) is 0 Å². The van der Waals surface area contributed by atoms with Crippen LogP contribution in [-0.2, 0) is 4.79 Å². The number of amides is 1. The van der Waals surface area contributed by atoms with Gasteiger partial charge in [-0.3, -0.25) is 4.79 Å². The molecular weight excluding hydrogens is 304 g/mol. The van der Waals surface area contributed by atoms with E-state index in [2.05, 4.69) is 15.2 Å². The summed E-state index contributed by atoms with van der Waals surface area (Å²) in [7, 11) is 1.72. The van der Waals surface area contributed by atoms with E-state index in [4.69, 9.17) is 4.42 Å². The van der Waals surface area contributed by atoms with Crippen molar-refractivity contribution in [2.75, 3.05) is 11.9 Å². The van der Waals surface area contributed by atoms with E-state index < -0.39 is 0 Å². The standard InChI is InChI=1S/C18H14N4O2/c1-11-8-9-14-13(10-11)15(17(23)22(14)2)19-18-21-20-16(24-18)12-6-4-3-5-7-12/h3-10H,1-2H3/b19-15+. The van der Waals surface area contributed by atoms with Gasteiger partial charge in [0, 0.05) is 18.2 Å². The maximum atomic E-state index is 12.5. The van der Waals surface area contributed by atoms with Crippen molar-refractivity contribution in [2.24, 2.45) is 4.99 Å². The van der Waals surface area contributed by atoms with E-state index in [-0.39, 0.29) is 11.9 Å². The van der Waals surface area contributed by atoms with Gasteiger partial charge in [0.2, 0.25) is 5.89 Å². The van der Waals surface area contributed by atoms with Gasteiger partial charge in [0.1, 0.15) is 5.71 Å². The number of aliphatic imine (C=N–C) groups is 1. The summed E-state index contributed by atoms with van der Waals surface area (Å²) in [6.45, 7) is 1.97. The molecule has 0 saturated carbocycles. The number of likely N-dealkylation sites (N-methyl/N-ethyl adjacent to an activating group) is 1. The molecular formula is C18H14N4O2. The molecule has 118 valence electrons. The zero-order chi connectivity index (χ0) is 16.7. The van der Waals surface area contributed by atoms with E-state index in [9.17, 15) is 4.79 Å². The van der Waals surface area contributed by atoms with E-state index in [0.29, 0.717) is 11.6 Å². The van der Waals surface area contributed by atoms with Crippen LogP contribution in [0.25, 0.3) is 11.5 Å². The molecule has 0 radical (unpaired) electrons. The van der Waals surface area contributed by atoms with Gasteiger partial charge >= 0.3 is 6.01 Å². The summed E-state index contributed by atoms with van der Waals surface area (Å²) < 4.78 is 5.58. The van der Waals surface area contributed by atoms with Crippen LogP contribution < -0.4 is 4.90 Å². The largest absolute Gasteiger partial charge is 0.402 e. The summed E-state index contributed by atoms with van der Waals surface area (Å²) in [5, 5.41) is 7.93. The lowest BCUT2D eigenvalue weighted by atomic mass is 10.1. The third-order valence-corrected chi connectivity index (χ3v) is 3.92. The quantitative estimate of drug-likeness (QED) is 0.727. The Bertz CT molecular complexity index is 960. The van der Waals surface area contributed by atoms with Crippen molar-refractivity contribution in [3.63, 3.8) is 0 Å². The zero-order valence-electron chi connectivity index (χ0n) is 13.2. The number of hydrogen-bond donors (Lipinski definition) is 0. The second-order valence-corrected chi connectivity index (χ2v) is 5.60. The Hall–Kier alpha value is -3.28.